The first-order valence-corrected chi connectivity index (χ1v) is 5.77. The van der Waals surface area contributed by atoms with E-state index in [2.05, 4.69) is 10.1 Å². The molecule has 0 unspecified atom stereocenters. The normalized spacial score (nSPS) is 27.2. The van der Waals surface area contributed by atoms with Crippen LogP contribution in [0.3, 0.4) is 0 Å². The number of amides is 1. The second kappa shape index (κ2) is 4.52. The van der Waals surface area contributed by atoms with Crippen molar-refractivity contribution in [2.45, 2.75) is 37.3 Å². The molecule has 6 nitrogen and oxygen atoms in total. The number of methoxy groups -OCH3 is 1. The SMILES string of the molecule is COC(=O)N[C@@H](C(=O)O)[C@@H]1CCOC2(CC2)C1. The summed E-state index contributed by atoms with van der Waals surface area (Å²) in [7, 11) is 1.22. The van der Waals surface area contributed by atoms with Crippen LogP contribution in [0.4, 0.5) is 4.79 Å². The van der Waals surface area contributed by atoms with E-state index in [9.17, 15) is 9.59 Å². The summed E-state index contributed by atoms with van der Waals surface area (Å²) in [5.41, 5.74) is -0.103. The summed E-state index contributed by atoms with van der Waals surface area (Å²) in [6.07, 6.45) is 2.65. The number of carboxylic acid groups (broad SMARTS) is 1. The third kappa shape index (κ3) is 2.69. The number of hydrogen-bond donors (Lipinski definition) is 2. The van der Waals surface area contributed by atoms with E-state index in [1.54, 1.807) is 0 Å². The van der Waals surface area contributed by atoms with Gasteiger partial charge >= 0.3 is 12.1 Å². The molecule has 2 N–H and O–H groups in total. The lowest BCUT2D eigenvalue weighted by atomic mass is 9.87. The highest BCUT2D eigenvalue weighted by molar-refractivity contribution is 5.80. The van der Waals surface area contributed by atoms with Crippen LogP contribution in [0.25, 0.3) is 0 Å². The zero-order chi connectivity index (χ0) is 12.5. The quantitative estimate of drug-likeness (QED) is 0.764. The molecule has 1 saturated carbocycles. The maximum absolute atomic E-state index is 11.2. The van der Waals surface area contributed by atoms with E-state index in [1.165, 1.54) is 7.11 Å². The Morgan fingerprint density at radius 3 is 2.76 bits per heavy atom. The van der Waals surface area contributed by atoms with Gasteiger partial charge in [0.15, 0.2) is 0 Å². The molecule has 0 bridgehead atoms. The van der Waals surface area contributed by atoms with Gasteiger partial charge in [-0.05, 0) is 31.6 Å². The van der Waals surface area contributed by atoms with Gasteiger partial charge in [-0.25, -0.2) is 9.59 Å². The van der Waals surface area contributed by atoms with Crippen molar-refractivity contribution >= 4 is 12.1 Å². The third-order valence-corrected chi connectivity index (χ3v) is 3.53. The van der Waals surface area contributed by atoms with Gasteiger partial charge in [-0.15, -0.1) is 0 Å². The Labute approximate surface area is 99.3 Å². The molecule has 0 aromatic rings. The number of rotatable bonds is 3. The molecule has 1 heterocycles. The van der Waals surface area contributed by atoms with Crippen molar-refractivity contribution in [2.75, 3.05) is 13.7 Å². The van der Waals surface area contributed by atoms with Crippen LogP contribution in [-0.4, -0.2) is 42.5 Å². The van der Waals surface area contributed by atoms with Crippen molar-refractivity contribution in [1.82, 2.24) is 5.32 Å². The lowest BCUT2D eigenvalue weighted by molar-refractivity contribution is -0.142. The Morgan fingerprint density at radius 1 is 1.53 bits per heavy atom. The van der Waals surface area contributed by atoms with Gasteiger partial charge < -0.3 is 19.9 Å². The summed E-state index contributed by atoms with van der Waals surface area (Å²) in [5.74, 6) is -1.10. The lowest BCUT2D eigenvalue weighted by Crippen LogP contribution is -2.49. The van der Waals surface area contributed by atoms with Crippen LogP contribution in [0.15, 0.2) is 0 Å². The van der Waals surface area contributed by atoms with E-state index in [0.29, 0.717) is 19.4 Å². The van der Waals surface area contributed by atoms with Crippen molar-refractivity contribution in [3.05, 3.63) is 0 Å². The Morgan fingerprint density at radius 2 is 2.24 bits per heavy atom. The summed E-state index contributed by atoms with van der Waals surface area (Å²) in [6.45, 7) is 0.567. The van der Waals surface area contributed by atoms with Crippen LogP contribution in [0.1, 0.15) is 25.7 Å². The zero-order valence-corrected chi connectivity index (χ0v) is 9.77. The van der Waals surface area contributed by atoms with Gasteiger partial charge in [-0.2, -0.15) is 0 Å². The zero-order valence-electron chi connectivity index (χ0n) is 9.77. The summed E-state index contributed by atoms with van der Waals surface area (Å²) < 4.78 is 10.1. The van der Waals surface area contributed by atoms with Gasteiger partial charge in [0.2, 0.25) is 0 Å². The molecule has 1 aliphatic carbocycles. The van der Waals surface area contributed by atoms with Crippen molar-refractivity contribution in [3.8, 4) is 0 Å². The molecule has 2 aliphatic rings. The predicted octanol–water partition coefficient (Wildman–Crippen LogP) is 0.755. The number of aliphatic carboxylic acids is 1. The monoisotopic (exact) mass is 243 g/mol. The number of carbonyl (C=O) groups excluding carboxylic acids is 1. The molecule has 2 atom stereocenters. The van der Waals surface area contributed by atoms with Crippen molar-refractivity contribution in [2.24, 2.45) is 5.92 Å². The fourth-order valence-corrected chi connectivity index (χ4v) is 2.41. The van der Waals surface area contributed by atoms with Crippen LogP contribution < -0.4 is 5.32 Å². The Hall–Kier alpha value is -1.30. The van der Waals surface area contributed by atoms with Crippen molar-refractivity contribution < 1.29 is 24.2 Å². The summed E-state index contributed by atoms with van der Waals surface area (Å²) >= 11 is 0. The molecule has 0 radical (unpaired) electrons. The van der Waals surface area contributed by atoms with Crippen LogP contribution in [0, 0.1) is 5.92 Å². The lowest BCUT2D eigenvalue weighted by Gasteiger charge is -2.33. The molecule has 1 amide bonds. The largest absolute Gasteiger partial charge is 0.480 e. The van der Waals surface area contributed by atoms with Crippen LogP contribution >= 0.6 is 0 Å². The summed E-state index contributed by atoms with van der Waals surface area (Å²) in [6, 6.07) is -0.885. The highest BCUT2D eigenvalue weighted by Gasteiger charge is 2.50. The first-order valence-electron chi connectivity index (χ1n) is 5.77. The Balaban J connectivity index is 1.99. The minimum Gasteiger partial charge on any atom is -0.480 e. The number of ether oxygens (including phenoxy) is 2. The van der Waals surface area contributed by atoms with E-state index in [4.69, 9.17) is 9.84 Å². The van der Waals surface area contributed by atoms with E-state index in [0.717, 1.165) is 12.8 Å². The molecule has 2 fully saturated rings. The number of alkyl carbamates (subject to hydrolysis) is 1. The molecule has 0 aromatic carbocycles. The molecule has 96 valence electrons. The maximum Gasteiger partial charge on any atom is 0.407 e. The molecular formula is C11H17NO5. The van der Waals surface area contributed by atoms with E-state index >= 15 is 0 Å². The van der Waals surface area contributed by atoms with E-state index < -0.39 is 18.1 Å². The summed E-state index contributed by atoms with van der Waals surface area (Å²) in [4.78, 5) is 22.3. The highest BCUT2D eigenvalue weighted by Crippen LogP contribution is 2.48. The standard InChI is InChI=1S/C11H17NO5/c1-16-10(15)12-8(9(13)14)7-2-5-17-11(6-7)3-4-11/h7-8H,2-6H2,1H3,(H,12,15)(H,13,14)/t7-,8-/m1/s1. The van der Waals surface area contributed by atoms with Gasteiger partial charge in [0.05, 0.1) is 12.7 Å². The molecule has 2 rings (SSSR count). The van der Waals surface area contributed by atoms with Crippen LogP contribution in [-0.2, 0) is 14.3 Å². The Kier molecular flexibility index (Phi) is 3.24. The van der Waals surface area contributed by atoms with Gasteiger partial charge in [0.25, 0.3) is 0 Å². The molecule has 6 heteroatoms. The maximum atomic E-state index is 11.2. The fraction of sp³-hybridized carbons (Fsp3) is 0.818. The average Bonchev–Trinajstić information content (AvgIpc) is 3.04. The van der Waals surface area contributed by atoms with Gasteiger partial charge in [0.1, 0.15) is 6.04 Å². The van der Waals surface area contributed by atoms with Crippen LogP contribution in [0.5, 0.6) is 0 Å². The second-order valence-corrected chi connectivity index (χ2v) is 4.74. The molecular weight excluding hydrogens is 226 g/mol. The Bertz CT molecular complexity index is 326. The molecule has 17 heavy (non-hydrogen) atoms. The smallest absolute Gasteiger partial charge is 0.407 e. The summed E-state index contributed by atoms with van der Waals surface area (Å²) in [5, 5.41) is 11.5. The minimum atomic E-state index is -1.02. The number of nitrogens with one attached hydrogen (secondary N) is 1. The fourth-order valence-electron chi connectivity index (χ4n) is 2.41. The molecule has 1 saturated heterocycles. The number of hydrogen-bond acceptors (Lipinski definition) is 4. The van der Waals surface area contributed by atoms with Gasteiger partial charge in [0, 0.05) is 6.61 Å². The predicted molar refractivity (Wildman–Crippen MR) is 57.6 cm³/mol. The minimum absolute atomic E-state index is 0.0807. The second-order valence-electron chi connectivity index (χ2n) is 4.74. The molecule has 1 spiro atoms. The van der Waals surface area contributed by atoms with E-state index in [-0.39, 0.29) is 11.5 Å². The van der Waals surface area contributed by atoms with Crippen molar-refractivity contribution in [1.29, 1.82) is 0 Å². The third-order valence-electron chi connectivity index (χ3n) is 3.53. The van der Waals surface area contributed by atoms with E-state index in [1.807, 2.05) is 0 Å². The number of carbonyl (C=O) groups is 2. The van der Waals surface area contributed by atoms with Gasteiger partial charge in [-0.3, -0.25) is 0 Å². The van der Waals surface area contributed by atoms with Gasteiger partial charge in [-0.1, -0.05) is 0 Å². The molecule has 1 aliphatic heterocycles. The number of carboxylic acids is 1. The first kappa shape index (κ1) is 12.2. The first-order chi connectivity index (χ1) is 8.06. The topological polar surface area (TPSA) is 84.9 Å². The average molecular weight is 243 g/mol. The highest BCUT2D eigenvalue weighted by atomic mass is 16.5. The van der Waals surface area contributed by atoms with Crippen molar-refractivity contribution in [3.63, 3.8) is 0 Å². The van der Waals surface area contributed by atoms with Crippen LogP contribution in [0.2, 0.25) is 0 Å². The molecule has 0 aromatic heterocycles.